The zero-order valence-corrected chi connectivity index (χ0v) is 12.2. The summed E-state index contributed by atoms with van der Waals surface area (Å²) in [6.45, 7) is 0. The van der Waals surface area contributed by atoms with Crippen LogP contribution in [-0.2, 0) is 0 Å². The molecule has 0 fully saturated rings. The summed E-state index contributed by atoms with van der Waals surface area (Å²) < 4.78 is 5.25. The lowest BCUT2D eigenvalue weighted by Gasteiger charge is -1.99. The molecule has 0 aliphatic heterocycles. The molecule has 0 aliphatic rings. The molecule has 0 N–H and O–H groups in total. The van der Waals surface area contributed by atoms with Crippen molar-refractivity contribution in [3.05, 3.63) is 81.7 Å². The van der Waals surface area contributed by atoms with E-state index in [1.165, 1.54) is 0 Å². The third kappa shape index (κ3) is 1.85. The standard InChI is InChI=1S/C20H14O2/c1-22-15-8-2-5-13(11-15)12-18-16-9-3-6-14-7-4-10-17(19(14)16)20(18)21/h2-12H,1H3. The molecule has 0 saturated carbocycles. The Bertz CT molecular complexity index is 1070. The highest BCUT2D eigenvalue weighted by molar-refractivity contribution is 6.12. The molecule has 0 saturated heterocycles. The largest absolute Gasteiger partial charge is 0.497 e. The maximum atomic E-state index is 12.7. The molecule has 22 heavy (non-hydrogen) atoms. The van der Waals surface area contributed by atoms with Gasteiger partial charge in [0.2, 0.25) is 0 Å². The third-order valence-electron chi connectivity index (χ3n) is 4.09. The lowest BCUT2D eigenvalue weighted by molar-refractivity contribution is 0.414. The van der Waals surface area contributed by atoms with Crippen molar-refractivity contribution in [3.63, 3.8) is 0 Å². The van der Waals surface area contributed by atoms with Gasteiger partial charge in [0.25, 0.3) is 0 Å². The predicted octanol–water partition coefficient (Wildman–Crippen LogP) is 3.35. The number of methoxy groups -OCH3 is 1. The van der Waals surface area contributed by atoms with E-state index < -0.39 is 0 Å². The summed E-state index contributed by atoms with van der Waals surface area (Å²) in [5.74, 6) is 0.788. The first kappa shape index (κ1) is 12.8. The second-order valence-corrected chi connectivity index (χ2v) is 5.37. The van der Waals surface area contributed by atoms with Crippen LogP contribution in [0.5, 0.6) is 5.75 Å². The lowest BCUT2D eigenvalue weighted by Crippen LogP contribution is -2.19. The van der Waals surface area contributed by atoms with Gasteiger partial charge in [-0.3, -0.25) is 4.79 Å². The van der Waals surface area contributed by atoms with E-state index in [-0.39, 0.29) is 5.43 Å². The molecule has 0 spiro atoms. The Labute approximate surface area is 127 Å². The van der Waals surface area contributed by atoms with Gasteiger partial charge in [-0.25, -0.2) is 0 Å². The zero-order chi connectivity index (χ0) is 15.1. The molecular weight excluding hydrogens is 272 g/mol. The Morgan fingerprint density at radius 1 is 0.909 bits per heavy atom. The highest BCUT2D eigenvalue weighted by Gasteiger charge is 2.10. The molecule has 0 unspecified atom stereocenters. The summed E-state index contributed by atoms with van der Waals surface area (Å²) in [5.41, 5.74) is 1.06. The van der Waals surface area contributed by atoms with Gasteiger partial charge < -0.3 is 4.74 Å². The SMILES string of the molecule is COc1cccc(C=c2c(=O)c3cccc4cccc2c43)c1. The Kier molecular flexibility index (Phi) is 2.83. The fraction of sp³-hybridized carbons (Fsp3) is 0.0500. The van der Waals surface area contributed by atoms with Crippen LogP contribution in [0.15, 0.2) is 65.5 Å². The molecule has 106 valence electrons. The van der Waals surface area contributed by atoms with E-state index in [4.69, 9.17) is 4.74 Å². The van der Waals surface area contributed by atoms with E-state index in [0.29, 0.717) is 0 Å². The van der Waals surface area contributed by atoms with Crippen LogP contribution in [0.4, 0.5) is 0 Å². The molecule has 4 aromatic rings. The Morgan fingerprint density at radius 3 is 2.41 bits per heavy atom. The summed E-state index contributed by atoms with van der Waals surface area (Å²) in [7, 11) is 1.64. The van der Waals surface area contributed by atoms with Gasteiger partial charge in [-0.2, -0.15) is 0 Å². The van der Waals surface area contributed by atoms with Gasteiger partial charge in [0.1, 0.15) is 5.75 Å². The van der Waals surface area contributed by atoms with Crippen molar-refractivity contribution in [2.24, 2.45) is 0 Å². The molecular formula is C20H14O2. The fourth-order valence-electron chi connectivity index (χ4n) is 3.06. The Hall–Kier alpha value is -2.87. The van der Waals surface area contributed by atoms with E-state index in [1.54, 1.807) is 7.11 Å². The van der Waals surface area contributed by atoms with Crippen molar-refractivity contribution in [3.8, 4) is 5.75 Å². The minimum Gasteiger partial charge on any atom is -0.497 e. The first-order valence-electron chi connectivity index (χ1n) is 7.20. The van der Waals surface area contributed by atoms with Gasteiger partial charge in [0.15, 0.2) is 5.43 Å². The van der Waals surface area contributed by atoms with E-state index in [1.807, 2.05) is 66.7 Å². The van der Waals surface area contributed by atoms with Crippen molar-refractivity contribution in [1.82, 2.24) is 0 Å². The first-order valence-corrected chi connectivity index (χ1v) is 7.20. The maximum Gasteiger partial charge on any atom is 0.194 e. The van der Waals surface area contributed by atoms with Gasteiger partial charge in [-0.05, 0) is 34.5 Å². The van der Waals surface area contributed by atoms with Gasteiger partial charge >= 0.3 is 0 Å². The molecule has 4 rings (SSSR count). The van der Waals surface area contributed by atoms with E-state index in [0.717, 1.165) is 38.1 Å². The molecule has 2 nitrogen and oxygen atoms in total. The number of rotatable bonds is 2. The summed E-state index contributed by atoms with van der Waals surface area (Å²) in [6, 6.07) is 19.7. The second kappa shape index (κ2) is 4.85. The monoisotopic (exact) mass is 286 g/mol. The maximum absolute atomic E-state index is 12.7. The average Bonchev–Trinajstić information content (AvgIpc) is 2.83. The minimum atomic E-state index is 0.0922. The molecule has 0 amide bonds. The van der Waals surface area contributed by atoms with Crippen LogP contribution >= 0.6 is 0 Å². The number of hydrogen-bond donors (Lipinski definition) is 0. The molecule has 4 aromatic carbocycles. The summed E-state index contributed by atoms with van der Waals surface area (Å²) >= 11 is 0. The van der Waals surface area contributed by atoms with Crippen LogP contribution in [0, 0.1) is 0 Å². The molecule has 0 heterocycles. The number of benzene rings is 3. The quantitative estimate of drug-likeness (QED) is 0.565. The number of hydrogen-bond acceptors (Lipinski definition) is 2. The zero-order valence-electron chi connectivity index (χ0n) is 12.2. The van der Waals surface area contributed by atoms with E-state index >= 15 is 0 Å². The molecule has 0 radical (unpaired) electrons. The number of ether oxygens (including phenoxy) is 1. The molecule has 0 aromatic heterocycles. The summed E-state index contributed by atoms with van der Waals surface area (Å²) in [4.78, 5) is 12.7. The smallest absolute Gasteiger partial charge is 0.194 e. The highest BCUT2D eigenvalue weighted by atomic mass is 16.5. The van der Waals surface area contributed by atoms with Crippen molar-refractivity contribution in [2.75, 3.05) is 7.11 Å². The Balaban J connectivity index is 2.10. The third-order valence-corrected chi connectivity index (χ3v) is 4.09. The minimum absolute atomic E-state index is 0.0922. The van der Waals surface area contributed by atoms with Crippen molar-refractivity contribution in [2.45, 2.75) is 0 Å². The van der Waals surface area contributed by atoms with Gasteiger partial charge in [0.05, 0.1) is 7.11 Å². The molecule has 0 aliphatic carbocycles. The van der Waals surface area contributed by atoms with Crippen molar-refractivity contribution >= 4 is 27.6 Å². The average molecular weight is 286 g/mol. The Morgan fingerprint density at radius 2 is 1.64 bits per heavy atom. The van der Waals surface area contributed by atoms with Crippen LogP contribution in [0.3, 0.4) is 0 Å². The predicted molar refractivity (Wildman–Crippen MR) is 90.7 cm³/mol. The lowest BCUT2D eigenvalue weighted by atomic mass is 10.1. The van der Waals surface area contributed by atoms with Crippen molar-refractivity contribution in [1.29, 1.82) is 0 Å². The topological polar surface area (TPSA) is 26.3 Å². The van der Waals surface area contributed by atoms with Gasteiger partial charge in [-0.15, -0.1) is 0 Å². The van der Waals surface area contributed by atoms with Crippen LogP contribution in [0.25, 0.3) is 27.6 Å². The van der Waals surface area contributed by atoms with Gasteiger partial charge in [0, 0.05) is 16.0 Å². The van der Waals surface area contributed by atoms with E-state index in [9.17, 15) is 4.79 Å². The summed E-state index contributed by atoms with van der Waals surface area (Å²) in [6.07, 6.45) is 1.94. The first-order chi connectivity index (χ1) is 10.8. The molecule has 0 bridgehead atoms. The second-order valence-electron chi connectivity index (χ2n) is 5.37. The van der Waals surface area contributed by atoms with Crippen molar-refractivity contribution < 1.29 is 4.74 Å². The molecule has 2 heteroatoms. The summed E-state index contributed by atoms with van der Waals surface area (Å²) in [5, 5.41) is 4.73. The normalized spacial score (nSPS) is 12.3. The van der Waals surface area contributed by atoms with Gasteiger partial charge in [-0.1, -0.05) is 48.5 Å². The fourth-order valence-corrected chi connectivity index (χ4v) is 3.06. The van der Waals surface area contributed by atoms with E-state index in [2.05, 4.69) is 0 Å². The van der Waals surface area contributed by atoms with Crippen LogP contribution in [0.1, 0.15) is 5.56 Å². The molecule has 0 atom stereocenters. The van der Waals surface area contributed by atoms with Crippen LogP contribution in [-0.4, -0.2) is 7.11 Å². The van der Waals surface area contributed by atoms with Crippen LogP contribution < -0.4 is 15.4 Å². The van der Waals surface area contributed by atoms with Crippen LogP contribution in [0.2, 0.25) is 0 Å². The highest BCUT2D eigenvalue weighted by Crippen LogP contribution is 2.23.